The Bertz CT molecular complexity index is 283. The molecule has 0 aromatic rings. The molecule has 1 aliphatic heterocycles. The number of nitrogens with one attached hydrogen (secondary N) is 1. The standard InChI is InChI=1S/C11H20N2O4/c1-2-7(11(15)16)6-13-10(14)9-4-3-8(5-12)17-9/h7-9H,2-6,12H2,1H3,(H,13,14)(H,15,16). The number of carbonyl (C=O) groups is 2. The third-order valence-corrected chi connectivity index (χ3v) is 3.03. The summed E-state index contributed by atoms with van der Waals surface area (Å²) in [6, 6.07) is 0. The molecule has 98 valence electrons. The van der Waals surface area contributed by atoms with Crippen molar-refractivity contribution in [3.8, 4) is 0 Å². The summed E-state index contributed by atoms with van der Waals surface area (Å²) in [6.07, 6.45) is 1.40. The van der Waals surface area contributed by atoms with E-state index in [2.05, 4.69) is 5.32 Å². The molecule has 6 nitrogen and oxygen atoms in total. The molecule has 1 heterocycles. The number of hydrogen-bond donors (Lipinski definition) is 3. The topological polar surface area (TPSA) is 102 Å². The predicted octanol–water partition coefficient (Wildman–Crippen LogP) is -0.280. The summed E-state index contributed by atoms with van der Waals surface area (Å²) in [5.74, 6) is -1.66. The molecule has 1 aliphatic rings. The maximum absolute atomic E-state index is 11.7. The number of hydrogen-bond acceptors (Lipinski definition) is 4. The first-order valence-corrected chi connectivity index (χ1v) is 5.94. The Morgan fingerprint density at radius 3 is 2.71 bits per heavy atom. The van der Waals surface area contributed by atoms with Gasteiger partial charge in [-0.25, -0.2) is 0 Å². The largest absolute Gasteiger partial charge is 0.481 e. The summed E-state index contributed by atoms with van der Waals surface area (Å²) in [6.45, 7) is 2.34. The first kappa shape index (κ1) is 13.9. The first-order valence-electron chi connectivity index (χ1n) is 5.94. The lowest BCUT2D eigenvalue weighted by atomic mass is 10.1. The first-order chi connectivity index (χ1) is 8.08. The van der Waals surface area contributed by atoms with Crippen LogP contribution in [0.2, 0.25) is 0 Å². The van der Waals surface area contributed by atoms with Gasteiger partial charge in [0.2, 0.25) is 5.91 Å². The van der Waals surface area contributed by atoms with E-state index in [9.17, 15) is 9.59 Å². The number of nitrogens with two attached hydrogens (primary N) is 1. The molecule has 0 spiro atoms. The van der Waals surface area contributed by atoms with Crippen LogP contribution in [0, 0.1) is 5.92 Å². The fourth-order valence-electron chi connectivity index (χ4n) is 1.82. The third-order valence-electron chi connectivity index (χ3n) is 3.03. The summed E-state index contributed by atoms with van der Waals surface area (Å²) >= 11 is 0. The van der Waals surface area contributed by atoms with Crippen LogP contribution in [0.15, 0.2) is 0 Å². The zero-order valence-electron chi connectivity index (χ0n) is 10.0. The van der Waals surface area contributed by atoms with Crippen LogP contribution in [0.25, 0.3) is 0 Å². The van der Waals surface area contributed by atoms with E-state index in [-0.39, 0.29) is 18.6 Å². The van der Waals surface area contributed by atoms with E-state index in [1.807, 2.05) is 0 Å². The van der Waals surface area contributed by atoms with Crippen LogP contribution in [-0.2, 0) is 14.3 Å². The van der Waals surface area contributed by atoms with Gasteiger partial charge in [0.25, 0.3) is 0 Å². The van der Waals surface area contributed by atoms with E-state index < -0.39 is 18.0 Å². The van der Waals surface area contributed by atoms with Gasteiger partial charge in [0.05, 0.1) is 12.0 Å². The van der Waals surface area contributed by atoms with Gasteiger partial charge in [-0.15, -0.1) is 0 Å². The van der Waals surface area contributed by atoms with E-state index in [0.29, 0.717) is 19.4 Å². The summed E-state index contributed by atoms with van der Waals surface area (Å²) in [5.41, 5.74) is 5.45. The number of carboxylic acid groups (broad SMARTS) is 1. The van der Waals surface area contributed by atoms with E-state index in [1.165, 1.54) is 0 Å². The van der Waals surface area contributed by atoms with Gasteiger partial charge >= 0.3 is 5.97 Å². The summed E-state index contributed by atoms with van der Waals surface area (Å²) in [5, 5.41) is 11.4. The van der Waals surface area contributed by atoms with Gasteiger partial charge in [-0.05, 0) is 19.3 Å². The highest BCUT2D eigenvalue weighted by Crippen LogP contribution is 2.18. The van der Waals surface area contributed by atoms with Crippen LogP contribution in [-0.4, -0.2) is 42.3 Å². The minimum Gasteiger partial charge on any atom is -0.481 e. The van der Waals surface area contributed by atoms with Crippen molar-refractivity contribution in [2.75, 3.05) is 13.1 Å². The number of aliphatic carboxylic acids is 1. The van der Waals surface area contributed by atoms with Crippen LogP contribution in [0.4, 0.5) is 0 Å². The molecule has 0 aromatic heterocycles. The average molecular weight is 244 g/mol. The fraction of sp³-hybridized carbons (Fsp3) is 0.818. The molecule has 4 N–H and O–H groups in total. The SMILES string of the molecule is CCC(CNC(=O)C1CCC(CN)O1)C(=O)O. The van der Waals surface area contributed by atoms with Gasteiger partial charge in [0, 0.05) is 13.1 Å². The average Bonchev–Trinajstić information content (AvgIpc) is 2.77. The number of carboxylic acids is 1. The van der Waals surface area contributed by atoms with Gasteiger partial charge in [0.1, 0.15) is 6.10 Å². The highest BCUT2D eigenvalue weighted by molar-refractivity contribution is 5.81. The Kier molecular flexibility index (Phi) is 5.37. The summed E-state index contributed by atoms with van der Waals surface area (Å²) in [4.78, 5) is 22.4. The lowest BCUT2D eigenvalue weighted by molar-refractivity contribution is -0.142. The van der Waals surface area contributed by atoms with Gasteiger partial charge in [-0.1, -0.05) is 6.92 Å². The van der Waals surface area contributed by atoms with Crippen LogP contribution in [0.1, 0.15) is 26.2 Å². The maximum Gasteiger partial charge on any atom is 0.308 e. The van der Waals surface area contributed by atoms with Gasteiger partial charge < -0.3 is 20.9 Å². The summed E-state index contributed by atoms with van der Waals surface area (Å²) in [7, 11) is 0. The van der Waals surface area contributed by atoms with E-state index >= 15 is 0 Å². The molecule has 0 radical (unpaired) electrons. The molecule has 1 fully saturated rings. The van der Waals surface area contributed by atoms with Crippen molar-refractivity contribution in [3.63, 3.8) is 0 Å². The lowest BCUT2D eigenvalue weighted by Gasteiger charge is -2.15. The quantitative estimate of drug-likeness (QED) is 0.596. The minimum atomic E-state index is -0.889. The van der Waals surface area contributed by atoms with Crippen molar-refractivity contribution < 1.29 is 19.4 Å². The van der Waals surface area contributed by atoms with Crippen molar-refractivity contribution in [1.29, 1.82) is 0 Å². The molecule has 6 heteroatoms. The second kappa shape index (κ2) is 6.56. The van der Waals surface area contributed by atoms with Crippen molar-refractivity contribution >= 4 is 11.9 Å². The lowest BCUT2D eigenvalue weighted by Crippen LogP contribution is -2.39. The van der Waals surface area contributed by atoms with Gasteiger partial charge in [-0.2, -0.15) is 0 Å². The molecule has 0 aromatic carbocycles. The van der Waals surface area contributed by atoms with Gasteiger partial charge in [0.15, 0.2) is 0 Å². The predicted molar refractivity (Wildman–Crippen MR) is 61.4 cm³/mol. The van der Waals surface area contributed by atoms with Crippen LogP contribution in [0.3, 0.4) is 0 Å². The maximum atomic E-state index is 11.7. The molecule has 1 rings (SSSR count). The monoisotopic (exact) mass is 244 g/mol. The number of amides is 1. The van der Waals surface area contributed by atoms with Crippen LogP contribution in [0.5, 0.6) is 0 Å². The number of ether oxygens (including phenoxy) is 1. The Labute approximate surface area is 101 Å². The second-order valence-corrected chi connectivity index (χ2v) is 4.25. The molecule has 0 bridgehead atoms. The van der Waals surface area contributed by atoms with Crippen LogP contribution >= 0.6 is 0 Å². The molecule has 1 amide bonds. The molecule has 0 saturated carbocycles. The van der Waals surface area contributed by atoms with E-state index in [0.717, 1.165) is 6.42 Å². The van der Waals surface area contributed by atoms with Crippen molar-refractivity contribution in [2.45, 2.75) is 38.4 Å². The fourth-order valence-corrected chi connectivity index (χ4v) is 1.82. The molecule has 3 atom stereocenters. The summed E-state index contributed by atoms with van der Waals surface area (Å²) < 4.78 is 5.41. The Balaban J connectivity index is 2.32. The van der Waals surface area contributed by atoms with Crippen molar-refractivity contribution in [2.24, 2.45) is 11.7 Å². The second-order valence-electron chi connectivity index (χ2n) is 4.25. The molecular formula is C11H20N2O4. The molecule has 3 unspecified atom stereocenters. The highest BCUT2D eigenvalue weighted by atomic mass is 16.5. The van der Waals surface area contributed by atoms with Crippen molar-refractivity contribution in [3.05, 3.63) is 0 Å². The third kappa shape index (κ3) is 3.98. The van der Waals surface area contributed by atoms with E-state index in [4.69, 9.17) is 15.6 Å². The Hall–Kier alpha value is -1.14. The Morgan fingerprint density at radius 1 is 1.53 bits per heavy atom. The number of rotatable bonds is 6. The minimum absolute atomic E-state index is 0.0489. The molecule has 17 heavy (non-hydrogen) atoms. The number of carbonyl (C=O) groups excluding carboxylic acids is 1. The normalized spacial score (nSPS) is 25.5. The molecule has 0 aliphatic carbocycles. The Morgan fingerprint density at radius 2 is 2.24 bits per heavy atom. The molecular weight excluding hydrogens is 224 g/mol. The van der Waals surface area contributed by atoms with Crippen molar-refractivity contribution in [1.82, 2.24) is 5.32 Å². The highest BCUT2D eigenvalue weighted by Gasteiger charge is 2.30. The zero-order chi connectivity index (χ0) is 12.8. The van der Waals surface area contributed by atoms with E-state index in [1.54, 1.807) is 6.92 Å². The van der Waals surface area contributed by atoms with Gasteiger partial charge in [-0.3, -0.25) is 9.59 Å². The zero-order valence-corrected chi connectivity index (χ0v) is 10.0. The van der Waals surface area contributed by atoms with Crippen LogP contribution < -0.4 is 11.1 Å². The molecule has 1 saturated heterocycles. The smallest absolute Gasteiger partial charge is 0.308 e.